The molecule has 0 atom stereocenters. The van der Waals surface area contributed by atoms with Gasteiger partial charge in [-0.1, -0.05) is 30.3 Å². The molecule has 2 aromatic carbocycles. The van der Waals surface area contributed by atoms with Gasteiger partial charge in [0.1, 0.15) is 5.76 Å². The average molecular weight is 388 g/mol. The molecule has 0 unspecified atom stereocenters. The molecule has 3 aromatic rings. The van der Waals surface area contributed by atoms with Gasteiger partial charge in [0, 0.05) is 11.9 Å². The van der Waals surface area contributed by atoms with E-state index >= 15 is 0 Å². The van der Waals surface area contributed by atoms with Crippen molar-refractivity contribution in [2.75, 3.05) is 11.0 Å². The molecule has 1 amide bonds. The fraction of sp³-hybridized carbons (Fsp3) is 0.211. The Kier molecular flexibility index (Phi) is 5.36. The summed E-state index contributed by atoms with van der Waals surface area (Å²) in [7, 11) is -3.44. The van der Waals surface area contributed by atoms with Crippen LogP contribution in [0.3, 0.4) is 0 Å². The second-order valence-corrected chi connectivity index (χ2v) is 7.98. The van der Waals surface area contributed by atoms with Crippen molar-refractivity contribution in [3.05, 3.63) is 65.4 Å². The van der Waals surface area contributed by atoms with E-state index < -0.39 is 16.1 Å². The number of sulfonamides is 1. The first kappa shape index (κ1) is 18.8. The molecule has 0 aliphatic carbocycles. The number of amides is 1. The molecule has 0 saturated heterocycles. The number of benzene rings is 2. The molecule has 0 aliphatic rings. The monoisotopic (exact) mass is 388 g/mol. The highest BCUT2D eigenvalue weighted by Crippen LogP contribution is 2.29. The van der Waals surface area contributed by atoms with Gasteiger partial charge in [-0.2, -0.15) is 0 Å². The predicted octanol–water partition coefficient (Wildman–Crippen LogP) is 3.54. The Morgan fingerprint density at radius 1 is 1.15 bits per heavy atom. The Morgan fingerprint density at radius 2 is 1.89 bits per heavy atom. The third-order valence-electron chi connectivity index (χ3n) is 3.73. The maximum atomic E-state index is 11.8. The van der Waals surface area contributed by atoms with Gasteiger partial charge >= 0.3 is 6.09 Å². The highest BCUT2D eigenvalue weighted by Gasteiger charge is 2.14. The number of rotatable bonds is 6. The van der Waals surface area contributed by atoms with Gasteiger partial charge in [-0.25, -0.2) is 13.2 Å². The molecular weight excluding hydrogens is 368 g/mol. The van der Waals surface area contributed by atoms with Crippen LogP contribution in [0.15, 0.2) is 52.9 Å². The quantitative estimate of drug-likeness (QED) is 0.673. The smallest absolute Gasteiger partial charge is 0.407 e. The summed E-state index contributed by atoms with van der Waals surface area (Å²) in [5.74, 6) is 0.419. The third kappa shape index (κ3) is 5.24. The maximum absolute atomic E-state index is 11.8. The zero-order valence-electron chi connectivity index (χ0n) is 15.0. The van der Waals surface area contributed by atoms with E-state index in [4.69, 9.17) is 9.15 Å². The lowest BCUT2D eigenvalue weighted by molar-refractivity contribution is 0.131. The van der Waals surface area contributed by atoms with Crippen molar-refractivity contribution in [2.45, 2.75) is 20.1 Å². The average Bonchev–Trinajstić information content (AvgIpc) is 3.01. The van der Waals surface area contributed by atoms with E-state index in [1.807, 2.05) is 43.3 Å². The van der Waals surface area contributed by atoms with Crippen molar-refractivity contribution < 1.29 is 22.4 Å². The Labute approximate surface area is 157 Å². The van der Waals surface area contributed by atoms with Gasteiger partial charge in [-0.3, -0.25) is 4.72 Å². The van der Waals surface area contributed by atoms with Crippen LogP contribution in [0.2, 0.25) is 0 Å². The van der Waals surface area contributed by atoms with Gasteiger partial charge in [0.25, 0.3) is 0 Å². The summed E-state index contributed by atoms with van der Waals surface area (Å²) < 4.78 is 36.4. The lowest BCUT2D eigenvalue weighted by atomic mass is 10.1. The minimum Gasteiger partial charge on any atom is -0.455 e. The van der Waals surface area contributed by atoms with Crippen LogP contribution in [0.25, 0.3) is 11.0 Å². The van der Waals surface area contributed by atoms with Gasteiger partial charge < -0.3 is 14.5 Å². The Hall–Kier alpha value is -3.00. The SMILES string of the molecule is Cc1cc(NS(C)(=O)=O)c2oc(COC(=O)NCc3ccccc3)cc2c1. The van der Waals surface area contributed by atoms with Crippen molar-refractivity contribution in [1.82, 2.24) is 5.32 Å². The highest BCUT2D eigenvalue weighted by atomic mass is 32.2. The highest BCUT2D eigenvalue weighted by molar-refractivity contribution is 7.92. The van der Waals surface area contributed by atoms with Crippen molar-refractivity contribution in [3.63, 3.8) is 0 Å². The minimum absolute atomic E-state index is 0.0628. The summed E-state index contributed by atoms with van der Waals surface area (Å²) in [6.45, 7) is 2.15. The predicted molar refractivity (Wildman–Crippen MR) is 103 cm³/mol. The van der Waals surface area contributed by atoms with Gasteiger partial charge in [0.05, 0.1) is 11.9 Å². The Bertz CT molecular complexity index is 1060. The number of alkyl carbamates (subject to hydrolysis) is 1. The van der Waals surface area contributed by atoms with E-state index in [9.17, 15) is 13.2 Å². The van der Waals surface area contributed by atoms with E-state index in [-0.39, 0.29) is 6.61 Å². The number of aryl methyl sites for hydroxylation is 1. The lowest BCUT2D eigenvalue weighted by Crippen LogP contribution is -2.23. The number of nitrogens with one attached hydrogen (secondary N) is 2. The van der Waals surface area contributed by atoms with Crippen LogP contribution in [-0.4, -0.2) is 20.8 Å². The molecule has 0 fully saturated rings. The van der Waals surface area contributed by atoms with Crippen molar-refractivity contribution in [3.8, 4) is 0 Å². The Morgan fingerprint density at radius 3 is 2.59 bits per heavy atom. The number of carbonyl (C=O) groups excluding carboxylic acids is 1. The van der Waals surface area contributed by atoms with Gasteiger partial charge in [0.15, 0.2) is 12.2 Å². The molecule has 0 saturated carbocycles. The summed E-state index contributed by atoms with van der Waals surface area (Å²) in [5, 5.41) is 3.39. The largest absolute Gasteiger partial charge is 0.455 e. The number of furan rings is 1. The molecule has 2 N–H and O–H groups in total. The molecule has 1 heterocycles. The summed E-state index contributed by atoms with van der Waals surface area (Å²) >= 11 is 0. The fourth-order valence-corrected chi connectivity index (χ4v) is 3.21. The molecule has 0 spiro atoms. The zero-order chi connectivity index (χ0) is 19.4. The molecule has 8 heteroatoms. The number of carbonyl (C=O) groups is 1. The number of hydrogen-bond acceptors (Lipinski definition) is 5. The minimum atomic E-state index is -3.44. The van der Waals surface area contributed by atoms with Crippen LogP contribution in [0.4, 0.5) is 10.5 Å². The molecule has 7 nitrogen and oxygen atoms in total. The van der Waals surface area contributed by atoms with Crippen molar-refractivity contribution in [2.24, 2.45) is 0 Å². The molecule has 142 valence electrons. The summed E-state index contributed by atoms with van der Waals surface area (Å²) in [4.78, 5) is 11.8. The van der Waals surface area contributed by atoms with Crippen molar-refractivity contribution in [1.29, 1.82) is 0 Å². The van der Waals surface area contributed by atoms with Crippen LogP contribution in [0.5, 0.6) is 0 Å². The molecule has 0 radical (unpaired) electrons. The van der Waals surface area contributed by atoms with Gasteiger partial charge in [0.2, 0.25) is 10.0 Å². The van der Waals surface area contributed by atoms with Crippen LogP contribution in [0, 0.1) is 6.92 Å². The normalized spacial score (nSPS) is 11.3. The number of ether oxygens (including phenoxy) is 1. The second-order valence-electron chi connectivity index (χ2n) is 6.23. The number of fused-ring (bicyclic) bond motifs is 1. The van der Waals surface area contributed by atoms with Gasteiger partial charge in [-0.05, 0) is 36.2 Å². The first-order chi connectivity index (χ1) is 12.8. The molecule has 0 aliphatic heterocycles. The standard InChI is InChI=1S/C19H20N2O5S/c1-13-8-15-10-16(26-18(15)17(9-13)21-27(2,23)24)12-25-19(22)20-11-14-6-4-3-5-7-14/h3-10,21H,11-12H2,1-2H3,(H,20,22). The van der Waals surface area contributed by atoms with E-state index in [1.54, 1.807) is 12.1 Å². The Balaban J connectivity index is 1.67. The third-order valence-corrected chi connectivity index (χ3v) is 4.32. The number of anilines is 1. The van der Waals surface area contributed by atoms with Crippen LogP contribution in [-0.2, 0) is 27.9 Å². The topological polar surface area (TPSA) is 97.6 Å². The molecule has 0 bridgehead atoms. The zero-order valence-corrected chi connectivity index (χ0v) is 15.8. The lowest BCUT2D eigenvalue weighted by Gasteiger charge is -2.06. The second kappa shape index (κ2) is 7.71. The van der Waals surface area contributed by atoms with E-state index in [0.717, 1.165) is 22.8 Å². The summed E-state index contributed by atoms with van der Waals surface area (Å²) in [5.41, 5.74) is 2.59. The fourth-order valence-electron chi connectivity index (χ4n) is 2.66. The summed E-state index contributed by atoms with van der Waals surface area (Å²) in [6, 6.07) is 14.8. The maximum Gasteiger partial charge on any atom is 0.407 e. The first-order valence-electron chi connectivity index (χ1n) is 8.25. The van der Waals surface area contributed by atoms with Crippen LogP contribution in [0.1, 0.15) is 16.9 Å². The number of hydrogen-bond donors (Lipinski definition) is 2. The van der Waals surface area contributed by atoms with E-state index in [0.29, 0.717) is 23.6 Å². The van der Waals surface area contributed by atoms with Gasteiger partial charge in [-0.15, -0.1) is 0 Å². The molecule has 3 rings (SSSR count). The van der Waals surface area contributed by atoms with Crippen LogP contribution >= 0.6 is 0 Å². The molecule has 27 heavy (non-hydrogen) atoms. The van der Waals surface area contributed by atoms with E-state index in [2.05, 4.69) is 10.0 Å². The first-order valence-corrected chi connectivity index (χ1v) is 10.1. The van der Waals surface area contributed by atoms with Crippen LogP contribution < -0.4 is 10.0 Å². The molecule has 1 aromatic heterocycles. The summed E-state index contributed by atoms with van der Waals surface area (Å²) in [6.07, 6.45) is 0.510. The molecular formula is C19H20N2O5S. The van der Waals surface area contributed by atoms with Crippen molar-refractivity contribution >= 4 is 32.8 Å². The van der Waals surface area contributed by atoms with E-state index in [1.165, 1.54) is 0 Å².